The first kappa shape index (κ1) is 9.75. The molecule has 1 aliphatic rings. The number of hydrogen-bond donors (Lipinski definition) is 2. The van der Waals surface area contributed by atoms with Gasteiger partial charge in [-0.05, 0) is 19.8 Å². The molecule has 1 aliphatic carbocycles. The van der Waals surface area contributed by atoms with Crippen LogP contribution >= 0.6 is 0 Å². The first-order valence-electron chi connectivity index (χ1n) is 4.51. The van der Waals surface area contributed by atoms with Crippen molar-refractivity contribution >= 4 is 0 Å². The summed E-state index contributed by atoms with van der Waals surface area (Å²) in [7, 11) is 0. The third-order valence-electron chi connectivity index (χ3n) is 3.28. The fourth-order valence-electron chi connectivity index (χ4n) is 1.88. The summed E-state index contributed by atoms with van der Waals surface area (Å²) < 4.78 is 0. The van der Waals surface area contributed by atoms with Gasteiger partial charge in [0.25, 0.3) is 0 Å². The summed E-state index contributed by atoms with van der Waals surface area (Å²) in [5, 5.41) is 19.5. The minimum absolute atomic E-state index is 0.469. The van der Waals surface area contributed by atoms with Crippen molar-refractivity contribution < 1.29 is 10.2 Å². The minimum Gasteiger partial charge on any atom is -0.365 e. The summed E-state index contributed by atoms with van der Waals surface area (Å²) >= 11 is 0. The lowest BCUT2D eigenvalue weighted by Gasteiger charge is -2.45. The van der Waals surface area contributed by atoms with Gasteiger partial charge in [0.1, 0.15) is 0 Å². The third kappa shape index (κ3) is 1.29. The highest BCUT2D eigenvalue weighted by Crippen LogP contribution is 2.46. The SMILES string of the molecule is C=C(C)C1(C)CCCCC1(O)O. The summed E-state index contributed by atoms with van der Waals surface area (Å²) in [5.74, 6) is -1.54. The molecule has 1 fully saturated rings. The van der Waals surface area contributed by atoms with Crippen molar-refractivity contribution in [1.29, 1.82) is 0 Å². The van der Waals surface area contributed by atoms with E-state index < -0.39 is 11.2 Å². The average molecular weight is 170 g/mol. The molecule has 0 saturated heterocycles. The van der Waals surface area contributed by atoms with Crippen LogP contribution < -0.4 is 0 Å². The maximum Gasteiger partial charge on any atom is 0.171 e. The molecule has 0 aliphatic heterocycles. The number of aliphatic hydroxyl groups is 2. The Hall–Kier alpha value is -0.340. The molecule has 0 aromatic rings. The van der Waals surface area contributed by atoms with Gasteiger partial charge in [-0.3, -0.25) is 0 Å². The predicted molar refractivity (Wildman–Crippen MR) is 48.6 cm³/mol. The van der Waals surface area contributed by atoms with Crippen molar-refractivity contribution in [2.75, 3.05) is 0 Å². The molecule has 1 unspecified atom stereocenters. The van der Waals surface area contributed by atoms with E-state index in [4.69, 9.17) is 0 Å². The molecule has 0 radical (unpaired) electrons. The normalized spacial score (nSPS) is 34.7. The lowest BCUT2D eigenvalue weighted by Crippen LogP contribution is -2.49. The summed E-state index contributed by atoms with van der Waals surface area (Å²) in [6.45, 7) is 7.58. The van der Waals surface area contributed by atoms with Crippen LogP contribution in [-0.4, -0.2) is 16.0 Å². The molecule has 0 aromatic carbocycles. The Morgan fingerprint density at radius 3 is 2.08 bits per heavy atom. The quantitative estimate of drug-likeness (QED) is 0.465. The van der Waals surface area contributed by atoms with Crippen molar-refractivity contribution in [3.63, 3.8) is 0 Å². The van der Waals surface area contributed by atoms with Crippen molar-refractivity contribution in [3.8, 4) is 0 Å². The van der Waals surface area contributed by atoms with E-state index in [9.17, 15) is 10.2 Å². The van der Waals surface area contributed by atoms with Gasteiger partial charge in [-0.25, -0.2) is 0 Å². The van der Waals surface area contributed by atoms with Crippen LogP contribution in [-0.2, 0) is 0 Å². The molecule has 0 spiro atoms. The molecule has 70 valence electrons. The molecule has 2 nitrogen and oxygen atoms in total. The van der Waals surface area contributed by atoms with Gasteiger partial charge in [0.2, 0.25) is 0 Å². The van der Waals surface area contributed by atoms with E-state index in [2.05, 4.69) is 6.58 Å². The first-order valence-corrected chi connectivity index (χ1v) is 4.51. The largest absolute Gasteiger partial charge is 0.365 e. The zero-order valence-electron chi connectivity index (χ0n) is 7.93. The summed E-state index contributed by atoms with van der Waals surface area (Å²) in [4.78, 5) is 0. The van der Waals surface area contributed by atoms with Gasteiger partial charge in [0.15, 0.2) is 5.79 Å². The van der Waals surface area contributed by atoms with Gasteiger partial charge >= 0.3 is 0 Å². The highest BCUT2D eigenvalue weighted by atomic mass is 16.5. The van der Waals surface area contributed by atoms with E-state index in [1.807, 2.05) is 13.8 Å². The Morgan fingerprint density at radius 2 is 1.75 bits per heavy atom. The van der Waals surface area contributed by atoms with Crippen LogP contribution in [0.4, 0.5) is 0 Å². The molecule has 0 amide bonds. The molecule has 0 heterocycles. The van der Waals surface area contributed by atoms with E-state index in [1.165, 1.54) is 0 Å². The molecule has 2 N–H and O–H groups in total. The van der Waals surface area contributed by atoms with Crippen LogP contribution in [0.3, 0.4) is 0 Å². The van der Waals surface area contributed by atoms with Crippen LogP contribution in [0.2, 0.25) is 0 Å². The van der Waals surface area contributed by atoms with Crippen LogP contribution in [0.1, 0.15) is 39.5 Å². The lowest BCUT2D eigenvalue weighted by molar-refractivity contribution is -0.243. The second-order valence-electron chi connectivity index (χ2n) is 4.14. The van der Waals surface area contributed by atoms with Gasteiger partial charge in [-0.15, -0.1) is 0 Å². The molecule has 1 rings (SSSR count). The van der Waals surface area contributed by atoms with Crippen molar-refractivity contribution in [2.24, 2.45) is 5.41 Å². The summed E-state index contributed by atoms with van der Waals surface area (Å²) in [6, 6.07) is 0. The molecular formula is C10H18O2. The second kappa shape index (κ2) is 2.86. The Balaban J connectivity index is 2.91. The topological polar surface area (TPSA) is 40.5 Å². The van der Waals surface area contributed by atoms with Gasteiger partial charge < -0.3 is 10.2 Å². The molecule has 0 aromatic heterocycles. The fourth-order valence-corrected chi connectivity index (χ4v) is 1.88. The summed E-state index contributed by atoms with van der Waals surface area (Å²) in [6.07, 6.45) is 3.26. The smallest absolute Gasteiger partial charge is 0.171 e. The van der Waals surface area contributed by atoms with E-state index in [0.717, 1.165) is 24.8 Å². The van der Waals surface area contributed by atoms with Crippen LogP contribution in [0, 0.1) is 5.41 Å². The number of hydrogen-bond acceptors (Lipinski definition) is 2. The Morgan fingerprint density at radius 1 is 1.25 bits per heavy atom. The molecule has 1 saturated carbocycles. The van der Waals surface area contributed by atoms with Crippen LogP contribution in [0.5, 0.6) is 0 Å². The highest BCUT2D eigenvalue weighted by molar-refractivity contribution is 5.12. The van der Waals surface area contributed by atoms with Crippen molar-refractivity contribution in [3.05, 3.63) is 12.2 Å². The summed E-state index contributed by atoms with van der Waals surface area (Å²) in [5.41, 5.74) is 0.359. The second-order valence-corrected chi connectivity index (χ2v) is 4.14. The lowest BCUT2D eigenvalue weighted by atomic mass is 9.67. The average Bonchev–Trinajstić information content (AvgIpc) is 1.95. The standard InChI is InChI=1S/C10H18O2/c1-8(2)9(3)6-4-5-7-10(9,11)12/h11-12H,1,4-7H2,2-3H3. The first-order chi connectivity index (χ1) is 5.40. The highest BCUT2D eigenvalue weighted by Gasteiger charge is 2.47. The van der Waals surface area contributed by atoms with Gasteiger partial charge in [-0.2, -0.15) is 0 Å². The number of rotatable bonds is 1. The fraction of sp³-hybridized carbons (Fsp3) is 0.800. The zero-order chi connectivity index (χ0) is 9.41. The third-order valence-corrected chi connectivity index (χ3v) is 3.28. The predicted octanol–water partition coefficient (Wildman–Crippen LogP) is 1.82. The maximum atomic E-state index is 9.76. The Labute approximate surface area is 73.9 Å². The molecule has 12 heavy (non-hydrogen) atoms. The van der Waals surface area contributed by atoms with Gasteiger partial charge in [0.05, 0.1) is 0 Å². The van der Waals surface area contributed by atoms with E-state index in [-0.39, 0.29) is 0 Å². The molecule has 0 bridgehead atoms. The van der Waals surface area contributed by atoms with Crippen molar-refractivity contribution in [1.82, 2.24) is 0 Å². The van der Waals surface area contributed by atoms with Crippen molar-refractivity contribution in [2.45, 2.75) is 45.3 Å². The monoisotopic (exact) mass is 170 g/mol. The molecular weight excluding hydrogens is 152 g/mol. The van der Waals surface area contributed by atoms with Gasteiger partial charge in [-0.1, -0.05) is 25.5 Å². The Bertz CT molecular complexity index is 196. The van der Waals surface area contributed by atoms with Crippen LogP contribution in [0.25, 0.3) is 0 Å². The maximum absolute atomic E-state index is 9.76. The molecule has 2 heteroatoms. The van der Waals surface area contributed by atoms with E-state index in [0.29, 0.717) is 6.42 Å². The minimum atomic E-state index is -1.54. The van der Waals surface area contributed by atoms with Crippen LogP contribution in [0.15, 0.2) is 12.2 Å². The Kier molecular flexibility index (Phi) is 2.32. The molecule has 1 atom stereocenters. The zero-order valence-corrected chi connectivity index (χ0v) is 7.93. The van der Waals surface area contributed by atoms with Gasteiger partial charge in [0, 0.05) is 11.8 Å². The van der Waals surface area contributed by atoms with E-state index in [1.54, 1.807) is 0 Å². The van der Waals surface area contributed by atoms with E-state index >= 15 is 0 Å².